The Balaban J connectivity index is 3.13. The molecule has 1 aromatic rings. The molecule has 0 saturated heterocycles. The fourth-order valence-electron chi connectivity index (χ4n) is 1.60. The minimum Gasteiger partial charge on any atom is -0.466 e. The van der Waals surface area contributed by atoms with Crippen molar-refractivity contribution in [1.82, 2.24) is 0 Å². The molecule has 2 nitrogen and oxygen atoms in total. The maximum Gasteiger partial charge on any atom is 0.333 e. The third-order valence-corrected chi connectivity index (χ3v) is 2.42. The van der Waals surface area contributed by atoms with E-state index in [4.69, 9.17) is 4.74 Å². The van der Waals surface area contributed by atoms with Crippen LogP contribution in [-0.2, 0) is 9.53 Å². The summed E-state index contributed by atoms with van der Waals surface area (Å²) in [6, 6.07) is 9.91. The van der Waals surface area contributed by atoms with Crippen molar-refractivity contribution >= 4 is 11.5 Å². The van der Waals surface area contributed by atoms with E-state index in [1.165, 1.54) is 7.11 Å². The molecule has 2 heteroatoms. The number of allylic oxidation sites excluding steroid dienone is 1. The first-order valence-electron chi connectivity index (χ1n) is 5.04. The van der Waals surface area contributed by atoms with E-state index >= 15 is 0 Å². The fourth-order valence-corrected chi connectivity index (χ4v) is 1.60. The van der Waals surface area contributed by atoms with E-state index in [1.807, 2.05) is 37.3 Å². The highest BCUT2D eigenvalue weighted by atomic mass is 16.5. The minimum atomic E-state index is -0.254. The van der Waals surface area contributed by atoms with Gasteiger partial charge in [0.2, 0.25) is 0 Å². The molecule has 0 aromatic heterocycles. The Bertz CT molecular complexity index is 363. The molecular formula is C13H16O2. The predicted molar refractivity (Wildman–Crippen MR) is 61.3 cm³/mol. The number of carbonyl (C=O) groups excluding carboxylic acids is 1. The maximum atomic E-state index is 11.4. The van der Waals surface area contributed by atoms with E-state index in [-0.39, 0.29) is 5.97 Å². The monoisotopic (exact) mass is 204 g/mol. The van der Waals surface area contributed by atoms with Crippen LogP contribution in [0.5, 0.6) is 0 Å². The number of ether oxygens (including phenoxy) is 1. The minimum absolute atomic E-state index is 0.254. The summed E-state index contributed by atoms with van der Waals surface area (Å²) in [6.45, 7) is 3.84. The SMILES string of the molecule is CC/C(=C(/C)C(=O)OC)c1ccccc1. The summed E-state index contributed by atoms with van der Waals surface area (Å²) >= 11 is 0. The summed E-state index contributed by atoms with van der Waals surface area (Å²) in [5.41, 5.74) is 2.82. The molecule has 1 rings (SSSR count). The molecule has 0 atom stereocenters. The number of hydrogen-bond acceptors (Lipinski definition) is 2. The maximum absolute atomic E-state index is 11.4. The lowest BCUT2D eigenvalue weighted by Crippen LogP contribution is -2.04. The normalized spacial score (nSPS) is 11.9. The van der Waals surface area contributed by atoms with Gasteiger partial charge in [-0.25, -0.2) is 4.79 Å². The van der Waals surface area contributed by atoms with Gasteiger partial charge in [-0.15, -0.1) is 0 Å². The van der Waals surface area contributed by atoms with E-state index < -0.39 is 0 Å². The molecule has 15 heavy (non-hydrogen) atoms. The Morgan fingerprint density at radius 3 is 2.33 bits per heavy atom. The number of esters is 1. The average molecular weight is 204 g/mol. The zero-order valence-electron chi connectivity index (χ0n) is 9.41. The summed E-state index contributed by atoms with van der Waals surface area (Å²) in [4.78, 5) is 11.4. The number of rotatable bonds is 3. The van der Waals surface area contributed by atoms with Crippen LogP contribution in [-0.4, -0.2) is 13.1 Å². The highest BCUT2D eigenvalue weighted by Gasteiger charge is 2.10. The Labute approximate surface area is 90.6 Å². The topological polar surface area (TPSA) is 26.3 Å². The molecule has 0 N–H and O–H groups in total. The van der Waals surface area contributed by atoms with E-state index in [9.17, 15) is 4.79 Å². The summed E-state index contributed by atoms with van der Waals surface area (Å²) in [6.07, 6.45) is 0.824. The number of carbonyl (C=O) groups is 1. The van der Waals surface area contributed by atoms with Gasteiger partial charge < -0.3 is 4.74 Å². The molecular weight excluding hydrogens is 188 g/mol. The Hall–Kier alpha value is -1.57. The van der Waals surface area contributed by atoms with Gasteiger partial charge in [-0.1, -0.05) is 37.3 Å². The van der Waals surface area contributed by atoms with Crippen molar-refractivity contribution in [3.05, 3.63) is 41.5 Å². The summed E-state index contributed by atoms with van der Waals surface area (Å²) in [5, 5.41) is 0. The van der Waals surface area contributed by atoms with Gasteiger partial charge in [0, 0.05) is 5.57 Å². The first kappa shape index (κ1) is 11.5. The lowest BCUT2D eigenvalue weighted by atomic mass is 9.98. The standard InChI is InChI=1S/C13H16O2/c1-4-12(10(2)13(14)15-3)11-8-6-5-7-9-11/h5-9H,4H2,1-3H3/b12-10+. The first-order valence-corrected chi connectivity index (χ1v) is 5.04. The van der Waals surface area contributed by atoms with Gasteiger partial charge >= 0.3 is 5.97 Å². The molecule has 1 aromatic carbocycles. The zero-order valence-corrected chi connectivity index (χ0v) is 9.41. The summed E-state index contributed by atoms with van der Waals surface area (Å²) < 4.78 is 4.72. The van der Waals surface area contributed by atoms with Crippen molar-refractivity contribution in [2.24, 2.45) is 0 Å². The van der Waals surface area contributed by atoms with E-state index in [0.717, 1.165) is 17.6 Å². The second kappa shape index (κ2) is 5.35. The van der Waals surface area contributed by atoms with Crippen molar-refractivity contribution in [1.29, 1.82) is 0 Å². The molecule has 0 fully saturated rings. The van der Waals surface area contributed by atoms with Crippen molar-refractivity contribution in [2.75, 3.05) is 7.11 Å². The van der Waals surface area contributed by atoms with Gasteiger partial charge in [0.15, 0.2) is 0 Å². The van der Waals surface area contributed by atoms with Crippen molar-refractivity contribution in [3.63, 3.8) is 0 Å². The average Bonchev–Trinajstić information content (AvgIpc) is 2.30. The van der Waals surface area contributed by atoms with Gasteiger partial charge in [-0.3, -0.25) is 0 Å². The molecule has 0 spiro atoms. The van der Waals surface area contributed by atoms with Crippen LogP contribution in [0.2, 0.25) is 0 Å². The Kier molecular flexibility index (Phi) is 4.10. The highest BCUT2D eigenvalue weighted by molar-refractivity contribution is 5.96. The summed E-state index contributed by atoms with van der Waals surface area (Å²) in [5.74, 6) is -0.254. The fraction of sp³-hybridized carbons (Fsp3) is 0.308. The molecule has 0 radical (unpaired) electrons. The van der Waals surface area contributed by atoms with Crippen LogP contribution in [0.3, 0.4) is 0 Å². The van der Waals surface area contributed by atoms with Crippen molar-refractivity contribution in [3.8, 4) is 0 Å². The largest absolute Gasteiger partial charge is 0.466 e. The molecule has 0 heterocycles. The van der Waals surface area contributed by atoms with Gasteiger partial charge in [-0.2, -0.15) is 0 Å². The van der Waals surface area contributed by atoms with Crippen LogP contribution < -0.4 is 0 Å². The third-order valence-electron chi connectivity index (χ3n) is 2.42. The molecule has 80 valence electrons. The second-order valence-electron chi connectivity index (χ2n) is 3.31. The lowest BCUT2D eigenvalue weighted by Gasteiger charge is -2.08. The van der Waals surface area contributed by atoms with Gasteiger partial charge in [0.1, 0.15) is 0 Å². The van der Waals surface area contributed by atoms with Crippen LogP contribution >= 0.6 is 0 Å². The van der Waals surface area contributed by atoms with Crippen LogP contribution in [0.25, 0.3) is 5.57 Å². The van der Waals surface area contributed by atoms with E-state index in [0.29, 0.717) is 5.57 Å². The molecule has 0 bridgehead atoms. The van der Waals surface area contributed by atoms with Gasteiger partial charge in [0.05, 0.1) is 7.11 Å². The van der Waals surface area contributed by atoms with Crippen LogP contribution in [0, 0.1) is 0 Å². The van der Waals surface area contributed by atoms with Gasteiger partial charge in [-0.05, 0) is 24.5 Å². The van der Waals surface area contributed by atoms with Crippen LogP contribution in [0.1, 0.15) is 25.8 Å². The molecule has 0 aliphatic rings. The smallest absolute Gasteiger partial charge is 0.333 e. The van der Waals surface area contributed by atoms with Crippen molar-refractivity contribution < 1.29 is 9.53 Å². The zero-order chi connectivity index (χ0) is 11.3. The van der Waals surface area contributed by atoms with E-state index in [1.54, 1.807) is 6.92 Å². The predicted octanol–water partition coefficient (Wildman–Crippen LogP) is 3.04. The van der Waals surface area contributed by atoms with E-state index in [2.05, 4.69) is 0 Å². The van der Waals surface area contributed by atoms with Crippen LogP contribution in [0.15, 0.2) is 35.9 Å². The van der Waals surface area contributed by atoms with Gasteiger partial charge in [0.25, 0.3) is 0 Å². The number of hydrogen-bond donors (Lipinski definition) is 0. The Morgan fingerprint density at radius 2 is 1.87 bits per heavy atom. The molecule has 0 amide bonds. The lowest BCUT2D eigenvalue weighted by molar-refractivity contribution is -0.135. The molecule has 0 unspecified atom stereocenters. The highest BCUT2D eigenvalue weighted by Crippen LogP contribution is 2.22. The molecule has 0 aliphatic heterocycles. The second-order valence-corrected chi connectivity index (χ2v) is 3.31. The summed E-state index contributed by atoms with van der Waals surface area (Å²) in [7, 11) is 1.41. The first-order chi connectivity index (χ1) is 7.20. The van der Waals surface area contributed by atoms with Crippen molar-refractivity contribution in [2.45, 2.75) is 20.3 Å². The number of methoxy groups -OCH3 is 1. The number of benzene rings is 1. The third kappa shape index (κ3) is 2.69. The Morgan fingerprint density at radius 1 is 1.27 bits per heavy atom. The quantitative estimate of drug-likeness (QED) is 0.558. The van der Waals surface area contributed by atoms with Crippen LogP contribution in [0.4, 0.5) is 0 Å². The molecule has 0 saturated carbocycles. The molecule has 0 aliphatic carbocycles.